The van der Waals surface area contributed by atoms with Crippen LogP contribution in [0.1, 0.15) is 12.5 Å². The predicted octanol–water partition coefficient (Wildman–Crippen LogP) is 5.72. The molecule has 2 rings (SSSR count). The van der Waals surface area contributed by atoms with E-state index in [0.29, 0.717) is 40.4 Å². The second-order valence-electron chi connectivity index (χ2n) is 5.49. The van der Waals surface area contributed by atoms with Gasteiger partial charge in [-0.05, 0) is 48.9 Å². The molecule has 0 atom stereocenters. The van der Waals surface area contributed by atoms with Crippen molar-refractivity contribution in [2.45, 2.75) is 6.92 Å². The van der Waals surface area contributed by atoms with Crippen LogP contribution in [0.15, 0.2) is 63.6 Å². The molecule has 0 bridgehead atoms. The first-order valence-corrected chi connectivity index (χ1v) is 9.95. The summed E-state index contributed by atoms with van der Waals surface area (Å²) in [6.45, 7) is 6.27. The van der Waals surface area contributed by atoms with Crippen LogP contribution >= 0.6 is 31.9 Å². The zero-order chi connectivity index (χ0) is 20.5. The number of halogens is 2. The largest absolute Gasteiger partial charge is 0.490 e. The molecule has 0 unspecified atom stereocenters. The standard InChI is InChI=1S/C21H18Br2N2O3/c1-3-8-28-20-12-18(23)14(10-19(20)27-4-2)9-15(13-24)21(26)25-17-7-5-6-16(22)11-17/h3,5-7,9-12H,1,4,8H2,2H3,(H,25,26)/b15-9-. The Labute approximate surface area is 180 Å². The number of amides is 1. The first kappa shape index (κ1) is 21.7. The number of anilines is 1. The minimum absolute atomic E-state index is 0.0390. The van der Waals surface area contributed by atoms with E-state index >= 15 is 0 Å². The van der Waals surface area contributed by atoms with Gasteiger partial charge in [0, 0.05) is 14.6 Å². The number of carbonyl (C=O) groups is 1. The molecule has 0 aliphatic carbocycles. The van der Waals surface area contributed by atoms with Crippen molar-refractivity contribution in [2.24, 2.45) is 0 Å². The third kappa shape index (κ3) is 5.98. The second-order valence-corrected chi connectivity index (χ2v) is 7.26. The summed E-state index contributed by atoms with van der Waals surface area (Å²) in [6, 6.07) is 12.5. The molecule has 28 heavy (non-hydrogen) atoms. The van der Waals surface area contributed by atoms with Crippen LogP contribution in [0.5, 0.6) is 11.5 Å². The molecule has 0 aliphatic heterocycles. The summed E-state index contributed by atoms with van der Waals surface area (Å²) in [6.07, 6.45) is 3.13. The lowest BCUT2D eigenvalue weighted by Gasteiger charge is -2.13. The number of nitrogens with zero attached hydrogens (tertiary/aromatic N) is 1. The van der Waals surface area contributed by atoms with Crippen molar-refractivity contribution in [1.82, 2.24) is 0 Å². The van der Waals surface area contributed by atoms with Gasteiger partial charge >= 0.3 is 0 Å². The number of rotatable bonds is 8. The normalized spacial score (nSPS) is 10.7. The molecular weight excluding hydrogens is 488 g/mol. The molecule has 0 spiro atoms. The van der Waals surface area contributed by atoms with E-state index in [9.17, 15) is 10.1 Å². The molecule has 0 saturated heterocycles. The maximum atomic E-state index is 12.5. The van der Waals surface area contributed by atoms with Gasteiger partial charge in [-0.25, -0.2) is 0 Å². The Balaban J connectivity index is 2.34. The number of hydrogen-bond acceptors (Lipinski definition) is 4. The fourth-order valence-corrected chi connectivity index (χ4v) is 3.10. The Kier molecular flexibility index (Phi) is 8.30. The van der Waals surface area contributed by atoms with Gasteiger partial charge in [0.15, 0.2) is 11.5 Å². The lowest BCUT2D eigenvalue weighted by molar-refractivity contribution is -0.112. The molecule has 0 aromatic heterocycles. The Morgan fingerprint density at radius 2 is 2.00 bits per heavy atom. The third-order valence-electron chi connectivity index (χ3n) is 3.47. The van der Waals surface area contributed by atoms with Crippen molar-refractivity contribution in [3.05, 3.63) is 69.1 Å². The predicted molar refractivity (Wildman–Crippen MR) is 117 cm³/mol. The van der Waals surface area contributed by atoms with Crippen molar-refractivity contribution in [3.8, 4) is 17.6 Å². The lowest BCUT2D eigenvalue weighted by Crippen LogP contribution is -2.13. The zero-order valence-corrected chi connectivity index (χ0v) is 18.3. The molecular formula is C21H18Br2N2O3. The van der Waals surface area contributed by atoms with Crippen LogP contribution in [0.3, 0.4) is 0 Å². The fraction of sp³-hybridized carbons (Fsp3) is 0.143. The van der Waals surface area contributed by atoms with E-state index in [4.69, 9.17) is 9.47 Å². The SMILES string of the molecule is C=CCOc1cc(Br)c(/C=C(/C#N)C(=O)Nc2cccc(Br)c2)cc1OCC. The van der Waals surface area contributed by atoms with Gasteiger partial charge in [0.05, 0.1) is 6.61 Å². The van der Waals surface area contributed by atoms with Crippen LogP contribution in [0.4, 0.5) is 5.69 Å². The summed E-state index contributed by atoms with van der Waals surface area (Å²) in [7, 11) is 0. The molecule has 7 heteroatoms. The molecule has 2 aromatic carbocycles. The van der Waals surface area contributed by atoms with Crippen LogP contribution in [-0.4, -0.2) is 19.1 Å². The van der Waals surface area contributed by atoms with Crippen LogP contribution in [-0.2, 0) is 4.79 Å². The van der Waals surface area contributed by atoms with Crippen molar-refractivity contribution in [1.29, 1.82) is 5.26 Å². The highest BCUT2D eigenvalue weighted by Gasteiger charge is 2.14. The Hall–Kier alpha value is -2.56. The van der Waals surface area contributed by atoms with Crippen molar-refractivity contribution < 1.29 is 14.3 Å². The first-order valence-electron chi connectivity index (χ1n) is 8.37. The van der Waals surface area contributed by atoms with Crippen LogP contribution < -0.4 is 14.8 Å². The molecule has 0 heterocycles. The van der Waals surface area contributed by atoms with Gasteiger partial charge in [-0.3, -0.25) is 4.79 Å². The van der Waals surface area contributed by atoms with E-state index in [0.717, 1.165) is 4.47 Å². The van der Waals surface area contributed by atoms with Crippen LogP contribution in [0, 0.1) is 11.3 Å². The molecule has 5 nitrogen and oxygen atoms in total. The molecule has 1 amide bonds. The number of carbonyl (C=O) groups excluding carboxylic acids is 1. The summed E-state index contributed by atoms with van der Waals surface area (Å²) in [5.41, 5.74) is 1.17. The molecule has 0 aliphatic rings. The Bertz CT molecular complexity index is 949. The summed E-state index contributed by atoms with van der Waals surface area (Å²) in [5, 5.41) is 12.2. The van der Waals surface area contributed by atoms with Gasteiger partial charge in [0.2, 0.25) is 0 Å². The summed E-state index contributed by atoms with van der Waals surface area (Å²) in [5.74, 6) is 0.559. The molecule has 0 fully saturated rings. The monoisotopic (exact) mass is 504 g/mol. The highest BCUT2D eigenvalue weighted by atomic mass is 79.9. The molecule has 2 aromatic rings. The molecule has 0 radical (unpaired) electrons. The third-order valence-corrected chi connectivity index (χ3v) is 4.65. The van der Waals surface area contributed by atoms with E-state index < -0.39 is 5.91 Å². The molecule has 144 valence electrons. The highest BCUT2D eigenvalue weighted by molar-refractivity contribution is 9.10. The number of nitrogens with one attached hydrogen (secondary N) is 1. The zero-order valence-electron chi connectivity index (χ0n) is 15.2. The number of nitriles is 1. The average Bonchev–Trinajstić information content (AvgIpc) is 2.66. The lowest BCUT2D eigenvalue weighted by atomic mass is 10.1. The van der Waals surface area contributed by atoms with Crippen molar-refractivity contribution in [3.63, 3.8) is 0 Å². The second kappa shape index (κ2) is 10.7. The van der Waals surface area contributed by atoms with E-state index in [-0.39, 0.29) is 5.57 Å². The van der Waals surface area contributed by atoms with Gasteiger partial charge in [-0.2, -0.15) is 5.26 Å². The number of hydrogen-bond donors (Lipinski definition) is 1. The van der Waals surface area contributed by atoms with E-state index in [2.05, 4.69) is 43.8 Å². The molecule has 1 N–H and O–H groups in total. The maximum Gasteiger partial charge on any atom is 0.266 e. The van der Waals surface area contributed by atoms with Crippen LogP contribution in [0.2, 0.25) is 0 Å². The highest BCUT2D eigenvalue weighted by Crippen LogP contribution is 2.35. The van der Waals surface area contributed by atoms with Crippen LogP contribution in [0.25, 0.3) is 6.08 Å². The smallest absolute Gasteiger partial charge is 0.266 e. The quantitative estimate of drug-likeness (QED) is 0.283. The van der Waals surface area contributed by atoms with E-state index in [1.807, 2.05) is 19.1 Å². The Morgan fingerprint density at radius 3 is 2.64 bits per heavy atom. The number of ether oxygens (including phenoxy) is 2. The van der Waals surface area contributed by atoms with Crippen molar-refractivity contribution >= 4 is 49.5 Å². The summed E-state index contributed by atoms with van der Waals surface area (Å²) in [4.78, 5) is 12.5. The van der Waals surface area contributed by atoms with Gasteiger partial charge in [-0.1, -0.05) is 50.6 Å². The van der Waals surface area contributed by atoms with Gasteiger partial charge in [0.1, 0.15) is 18.2 Å². The first-order chi connectivity index (χ1) is 13.5. The van der Waals surface area contributed by atoms with Gasteiger partial charge < -0.3 is 14.8 Å². The maximum absolute atomic E-state index is 12.5. The van der Waals surface area contributed by atoms with Gasteiger partial charge in [-0.15, -0.1) is 0 Å². The topological polar surface area (TPSA) is 71.3 Å². The van der Waals surface area contributed by atoms with Gasteiger partial charge in [0.25, 0.3) is 5.91 Å². The molecule has 0 saturated carbocycles. The fourth-order valence-electron chi connectivity index (χ4n) is 2.26. The summed E-state index contributed by atoms with van der Waals surface area (Å²) < 4.78 is 12.7. The van der Waals surface area contributed by atoms with E-state index in [1.165, 1.54) is 6.08 Å². The summed E-state index contributed by atoms with van der Waals surface area (Å²) >= 11 is 6.80. The minimum Gasteiger partial charge on any atom is -0.490 e. The average molecular weight is 506 g/mol. The minimum atomic E-state index is -0.502. The van der Waals surface area contributed by atoms with E-state index in [1.54, 1.807) is 36.4 Å². The Morgan fingerprint density at radius 1 is 1.25 bits per heavy atom. The van der Waals surface area contributed by atoms with Crippen molar-refractivity contribution in [2.75, 3.05) is 18.5 Å². The number of benzene rings is 2.